The Morgan fingerprint density at radius 1 is 1.11 bits per heavy atom. The molecule has 2 aromatic rings. The van der Waals surface area contributed by atoms with Gasteiger partial charge in [0, 0.05) is 44.5 Å². The lowest BCUT2D eigenvalue weighted by molar-refractivity contribution is -0.148. The maximum atomic E-state index is 12.8. The molecular formula is C28H37F3N4O2. The zero-order chi connectivity index (χ0) is 26.6. The lowest BCUT2D eigenvalue weighted by atomic mass is 9.89. The number of alkyl halides is 3. The Labute approximate surface area is 216 Å². The van der Waals surface area contributed by atoms with Gasteiger partial charge < -0.3 is 10.4 Å². The quantitative estimate of drug-likeness (QED) is 0.498. The molecule has 1 aromatic carbocycles. The van der Waals surface area contributed by atoms with Gasteiger partial charge in [0.05, 0.1) is 5.56 Å². The summed E-state index contributed by atoms with van der Waals surface area (Å²) in [5.74, 6) is 0.676. The Balaban J connectivity index is 0.00000156. The molecule has 2 saturated heterocycles. The zero-order valence-electron chi connectivity index (χ0n) is 21.6. The van der Waals surface area contributed by atoms with Crippen LogP contribution in [-0.4, -0.2) is 64.6 Å². The molecule has 6 nitrogen and oxygen atoms in total. The number of carbonyl (C=O) groups is 1. The molecule has 37 heavy (non-hydrogen) atoms. The first kappa shape index (κ1) is 27.4. The number of hydrogen-bond donors (Lipinski definition) is 2. The maximum absolute atomic E-state index is 12.8. The second-order valence-corrected chi connectivity index (χ2v) is 10.0. The first-order valence-electron chi connectivity index (χ1n) is 13.4. The fourth-order valence-corrected chi connectivity index (χ4v) is 5.46. The normalized spacial score (nSPS) is 19.5. The predicted octanol–water partition coefficient (Wildman–Crippen LogP) is 5.25. The van der Waals surface area contributed by atoms with E-state index in [1.807, 2.05) is 18.7 Å². The molecule has 2 fully saturated rings. The van der Waals surface area contributed by atoms with E-state index in [0.29, 0.717) is 30.6 Å². The smallest absolute Gasteiger partial charge is 0.416 e. The molecule has 202 valence electrons. The van der Waals surface area contributed by atoms with Crippen LogP contribution in [0, 0.1) is 5.92 Å². The predicted molar refractivity (Wildman–Crippen MR) is 138 cm³/mol. The fourth-order valence-electron chi connectivity index (χ4n) is 5.46. The Hall–Kier alpha value is -2.65. The number of fused-ring (bicyclic) bond motifs is 1. The summed E-state index contributed by atoms with van der Waals surface area (Å²) in [5, 5.41) is 13.1. The number of rotatable bonds is 8. The highest BCUT2D eigenvalue weighted by Crippen LogP contribution is 2.35. The first-order valence-corrected chi connectivity index (χ1v) is 13.4. The van der Waals surface area contributed by atoms with Crippen LogP contribution in [0.2, 0.25) is 0 Å². The van der Waals surface area contributed by atoms with Crippen LogP contribution < -0.4 is 5.32 Å². The van der Waals surface area contributed by atoms with E-state index in [-0.39, 0.29) is 0 Å². The van der Waals surface area contributed by atoms with Crippen molar-refractivity contribution in [2.45, 2.75) is 64.2 Å². The molecule has 1 aromatic heterocycles. The lowest BCUT2D eigenvalue weighted by Crippen LogP contribution is -2.66. The van der Waals surface area contributed by atoms with Gasteiger partial charge in [-0.3, -0.25) is 14.6 Å². The topological polar surface area (TPSA) is 68.7 Å². The number of aromatic nitrogens is 1. The van der Waals surface area contributed by atoms with Gasteiger partial charge in [-0.15, -0.1) is 0 Å². The molecular weight excluding hydrogens is 481 g/mol. The Morgan fingerprint density at radius 2 is 1.81 bits per heavy atom. The van der Waals surface area contributed by atoms with Crippen molar-refractivity contribution in [3.8, 4) is 0 Å². The summed E-state index contributed by atoms with van der Waals surface area (Å²) in [6.07, 6.45) is 1.08. The minimum Gasteiger partial charge on any atom is -0.480 e. The van der Waals surface area contributed by atoms with E-state index < -0.39 is 23.8 Å². The molecule has 0 saturated carbocycles. The van der Waals surface area contributed by atoms with Crippen molar-refractivity contribution in [3.05, 3.63) is 58.8 Å². The lowest BCUT2D eigenvalue weighted by Gasteiger charge is -2.53. The number of aliphatic carboxylic acids is 1. The molecule has 0 aliphatic carbocycles. The van der Waals surface area contributed by atoms with Crippen LogP contribution in [0.25, 0.3) is 0 Å². The molecule has 3 aliphatic heterocycles. The minimum atomic E-state index is -4.43. The summed E-state index contributed by atoms with van der Waals surface area (Å²) in [6, 6.07) is 8.23. The van der Waals surface area contributed by atoms with Crippen LogP contribution in [0.4, 0.5) is 19.0 Å². The van der Waals surface area contributed by atoms with Crippen molar-refractivity contribution < 1.29 is 23.1 Å². The third-order valence-electron chi connectivity index (χ3n) is 7.54. The SMILES string of the molecule is CC.O=C(O)C(c1ccc(C(F)(F)F)cc1)N1CC(N2CC(CCCc3ccc4c(n3)NCCC4)C2)C1. The molecule has 4 heterocycles. The molecule has 2 N–H and O–H groups in total. The van der Waals surface area contributed by atoms with Crippen LogP contribution in [0.5, 0.6) is 0 Å². The third-order valence-corrected chi connectivity index (χ3v) is 7.54. The number of nitrogens with zero attached hydrogens (tertiary/aromatic N) is 3. The Morgan fingerprint density at radius 3 is 2.46 bits per heavy atom. The highest BCUT2D eigenvalue weighted by Gasteiger charge is 2.43. The van der Waals surface area contributed by atoms with E-state index in [4.69, 9.17) is 4.98 Å². The maximum Gasteiger partial charge on any atom is 0.416 e. The number of carboxylic acids is 1. The monoisotopic (exact) mass is 518 g/mol. The molecule has 1 unspecified atom stereocenters. The van der Waals surface area contributed by atoms with E-state index in [0.717, 1.165) is 75.4 Å². The van der Waals surface area contributed by atoms with Gasteiger partial charge in [-0.25, -0.2) is 4.98 Å². The van der Waals surface area contributed by atoms with E-state index in [2.05, 4.69) is 22.3 Å². The first-order chi connectivity index (χ1) is 17.8. The van der Waals surface area contributed by atoms with Gasteiger partial charge in [-0.2, -0.15) is 13.2 Å². The van der Waals surface area contributed by atoms with Crippen LogP contribution >= 0.6 is 0 Å². The van der Waals surface area contributed by atoms with Gasteiger partial charge in [-0.1, -0.05) is 32.0 Å². The second kappa shape index (κ2) is 11.8. The summed E-state index contributed by atoms with van der Waals surface area (Å²) in [5.41, 5.74) is 2.08. The molecule has 5 rings (SSSR count). The zero-order valence-corrected chi connectivity index (χ0v) is 21.6. The van der Waals surface area contributed by atoms with E-state index in [1.165, 1.54) is 17.7 Å². The van der Waals surface area contributed by atoms with Crippen molar-refractivity contribution in [1.82, 2.24) is 14.8 Å². The van der Waals surface area contributed by atoms with E-state index >= 15 is 0 Å². The second-order valence-electron chi connectivity index (χ2n) is 10.0. The number of benzene rings is 1. The Bertz CT molecular complexity index is 1050. The molecule has 0 amide bonds. The average molecular weight is 519 g/mol. The number of pyridine rings is 1. The van der Waals surface area contributed by atoms with Crippen LogP contribution in [-0.2, 0) is 23.8 Å². The summed E-state index contributed by atoms with van der Waals surface area (Å²) in [4.78, 5) is 20.9. The van der Waals surface area contributed by atoms with Gasteiger partial charge in [-0.05, 0) is 67.3 Å². The van der Waals surface area contributed by atoms with Crippen molar-refractivity contribution in [1.29, 1.82) is 0 Å². The number of hydrogen-bond acceptors (Lipinski definition) is 5. The van der Waals surface area contributed by atoms with E-state index in [9.17, 15) is 23.1 Å². The van der Waals surface area contributed by atoms with Crippen LogP contribution in [0.1, 0.15) is 61.5 Å². The van der Waals surface area contributed by atoms with Crippen LogP contribution in [0.15, 0.2) is 36.4 Å². The molecule has 1 atom stereocenters. The van der Waals surface area contributed by atoms with Gasteiger partial charge >= 0.3 is 12.1 Å². The summed E-state index contributed by atoms with van der Waals surface area (Å²) < 4.78 is 38.5. The van der Waals surface area contributed by atoms with Crippen molar-refractivity contribution in [2.24, 2.45) is 5.92 Å². The molecule has 3 aliphatic rings. The Kier molecular flexibility index (Phi) is 8.75. The number of halogens is 3. The summed E-state index contributed by atoms with van der Waals surface area (Å²) >= 11 is 0. The molecule has 9 heteroatoms. The minimum absolute atomic E-state index is 0.316. The summed E-state index contributed by atoms with van der Waals surface area (Å²) in [6.45, 7) is 8.29. The van der Waals surface area contributed by atoms with Gasteiger partial charge in [0.2, 0.25) is 0 Å². The van der Waals surface area contributed by atoms with Crippen molar-refractivity contribution in [3.63, 3.8) is 0 Å². The molecule has 0 bridgehead atoms. The molecule has 0 spiro atoms. The van der Waals surface area contributed by atoms with E-state index in [1.54, 1.807) is 0 Å². The van der Waals surface area contributed by atoms with Crippen molar-refractivity contribution >= 4 is 11.8 Å². The number of aryl methyl sites for hydroxylation is 2. The van der Waals surface area contributed by atoms with Gasteiger partial charge in [0.15, 0.2) is 0 Å². The fraction of sp³-hybridized carbons (Fsp3) is 0.571. The average Bonchev–Trinajstić information content (AvgIpc) is 2.83. The number of nitrogens with one attached hydrogen (secondary N) is 1. The van der Waals surface area contributed by atoms with Gasteiger partial charge in [0.25, 0.3) is 0 Å². The third kappa shape index (κ3) is 6.44. The summed E-state index contributed by atoms with van der Waals surface area (Å²) in [7, 11) is 0. The largest absolute Gasteiger partial charge is 0.480 e. The van der Waals surface area contributed by atoms with Gasteiger partial charge in [0.1, 0.15) is 11.9 Å². The van der Waals surface area contributed by atoms with Crippen LogP contribution in [0.3, 0.4) is 0 Å². The van der Waals surface area contributed by atoms with Crippen molar-refractivity contribution in [2.75, 3.05) is 38.0 Å². The standard InChI is InChI=1S/C26H31F3N4O2.C2H6/c27-26(28,29)20-9-6-18(7-10-20)23(25(34)35)33-15-22(16-33)32-13-17(14-32)3-1-5-21-11-8-19-4-2-12-30-24(19)31-21;1-2/h6-11,17,22-23H,1-5,12-16H2,(H,30,31)(H,34,35);1-2H3. The molecule has 0 radical (unpaired) electrons. The number of carboxylic acid groups (broad SMARTS) is 1. The highest BCUT2D eigenvalue weighted by molar-refractivity contribution is 5.75. The highest BCUT2D eigenvalue weighted by atomic mass is 19.4. The number of anilines is 1. The number of likely N-dealkylation sites (tertiary alicyclic amines) is 2.